The number of hydrogen-bond acceptors (Lipinski definition) is 3. The van der Waals surface area contributed by atoms with Crippen molar-refractivity contribution in [1.82, 2.24) is 10.3 Å². The number of rotatable bonds is 3. The average Bonchev–Trinajstić information content (AvgIpc) is 2.63. The van der Waals surface area contributed by atoms with Crippen molar-refractivity contribution in [3.8, 4) is 0 Å². The van der Waals surface area contributed by atoms with E-state index in [1.54, 1.807) is 0 Å². The molecular formula is C14H19FN2O2. The van der Waals surface area contributed by atoms with E-state index >= 15 is 0 Å². The van der Waals surface area contributed by atoms with Gasteiger partial charge in [0.2, 0.25) is 0 Å². The minimum Gasteiger partial charge on any atom is -0.396 e. The first-order valence-corrected chi connectivity index (χ1v) is 6.73. The number of pyridine rings is 1. The summed E-state index contributed by atoms with van der Waals surface area (Å²) in [7, 11) is 0. The molecule has 104 valence electrons. The molecular weight excluding hydrogens is 247 g/mol. The Morgan fingerprint density at radius 2 is 2.16 bits per heavy atom. The molecule has 2 atom stereocenters. The van der Waals surface area contributed by atoms with Gasteiger partial charge in [0.1, 0.15) is 5.82 Å². The standard InChI is InChI=1S/C14H19FN2O2/c15-12-6-11(7-16-8-12)14(19)17-13-5-3-1-2-4-10(13)9-18/h6-8,10,13,18H,1-5,9H2,(H,17,19). The Balaban J connectivity index is 2.04. The lowest BCUT2D eigenvalue weighted by Gasteiger charge is -2.24. The summed E-state index contributed by atoms with van der Waals surface area (Å²) in [6, 6.07) is 1.13. The first-order chi connectivity index (χ1) is 9.20. The highest BCUT2D eigenvalue weighted by Gasteiger charge is 2.25. The van der Waals surface area contributed by atoms with Crippen molar-refractivity contribution in [3.05, 3.63) is 29.8 Å². The number of carbonyl (C=O) groups excluding carboxylic acids is 1. The number of hydrogen-bond donors (Lipinski definition) is 2. The molecule has 0 saturated heterocycles. The quantitative estimate of drug-likeness (QED) is 0.821. The normalized spacial score (nSPS) is 23.7. The third kappa shape index (κ3) is 3.73. The van der Waals surface area contributed by atoms with Gasteiger partial charge >= 0.3 is 0 Å². The average molecular weight is 266 g/mol. The van der Waals surface area contributed by atoms with E-state index < -0.39 is 5.82 Å². The number of amides is 1. The Morgan fingerprint density at radius 1 is 1.37 bits per heavy atom. The molecule has 2 unspecified atom stereocenters. The Morgan fingerprint density at radius 3 is 2.89 bits per heavy atom. The van der Waals surface area contributed by atoms with Gasteiger partial charge < -0.3 is 10.4 Å². The van der Waals surface area contributed by atoms with Crippen molar-refractivity contribution in [2.45, 2.75) is 38.1 Å². The van der Waals surface area contributed by atoms with Crippen molar-refractivity contribution in [2.24, 2.45) is 5.92 Å². The summed E-state index contributed by atoms with van der Waals surface area (Å²) in [5.41, 5.74) is 0.223. The van der Waals surface area contributed by atoms with Gasteiger partial charge in [0.05, 0.1) is 11.8 Å². The summed E-state index contributed by atoms with van der Waals surface area (Å²) in [6.45, 7) is 0.0757. The molecule has 0 aliphatic heterocycles. The maximum Gasteiger partial charge on any atom is 0.253 e. The highest BCUT2D eigenvalue weighted by atomic mass is 19.1. The van der Waals surface area contributed by atoms with Crippen LogP contribution in [0.3, 0.4) is 0 Å². The lowest BCUT2D eigenvalue weighted by atomic mass is 9.95. The van der Waals surface area contributed by atoms with Gasteiger partial charge in [0, 0.05) is 24.8 Å². The van der Waals surface area contributed by atoms with Crippen molar-refractivity contribution in [1.29, 1.82) is 0 Å². The Kier molecular flexibility index (Phi) is 4.85. The molecule has 1 aliphatic rings. The number of carbonyl (C=O) groups is 1. The fraction of sp³-hybridized carbons (Fsp3) is 0.571. The van der Waals surface area contributed by atoms with Gasteiger partial charge in [0.15, 0.2) is 0 Å². The van der Waals surface area contributed by atoms with Gasteiger partial charge in [-0.25, -0.2) is 4.39 Å². The third-order valence-corrected chi connectivity index (χ3v) is 3.68. The fourth-order valence-electron chi connectivity index (χ4n) is 2.58. The number of nitrogens with one attached hydrogen (secondary N) is 1. The maximum absolute atomic E-state index is 13.0. The van der Waals surface area contributed by atoms with E-state index in [1.165, 1.54) is 12.3 Å². The van der Waals surface area contributed by atoms with Gasteiger partial charge in [-0.15, -0.1) is 0 Å². The molecule has 1 aromatic heterocycles. The van der Waals surface area contributed by atoms with Crippen LogP contribution in [0.2, 0.25) is 0 Å². The molecule has 5 heteroatoms. The molecule has 19 heavy (non-hydrogen) atoms. The molecule has 0 radical (unpaired) electrons. The fourth-order valence-corrected chi connectivity index (χ4v) is 2.58. The monoisotopic (exact) mass is 266 g/mol. The summed E-state index contributed by atoms with van der Waals surface area (Å²) < 4.78 is 13.0. The van der Waals surface area contributed by atoms with Crippen LogP contribution in [-0.4, -0.2) is 28.6 Å². The van der Waals surface area contributed by atoms with Crippen LogP contribution < -0.4 is 5.32 Å². The first kappa shape index (κ1) is 13.9. The summed E-state index contributed by atoms with van der Waals surface area (Å²) >= 11 is 0. The van der Waals surface area contributed by atoms with E-state index in [0.29, 0.717) is 0 Å². The molecule has 1 aliphatic carbocycles. The SMILES string of the molecule is O=C(NC1CCCCCC1CO)c1cncc(F)c1. The van der Waals surface area contributed by atoms with Crippen molar-refractivity contribution in [3.63, 3.8) is 0 Å². The Hall–Kier alpha value is -1.49. The molecule has 1 heterocycles. The molecule has 1 aromatic rings. The van der Waals surface area contributed by atoms with Gasteiger partial charge in [0.25, 0.3) is 5.91 Å². The zero-order valence-electron chi connectivity index (χ0n) is 10.8. The van der Waals surface area contributed by atoms with Crippen LogP contribution in [0.5, 0.6) is 0 Å². The Bertz CT molecular complexity index is 439. The number of halogens is 1. The van der Waals surface area contributed by atoms with E-state index in [9.17, 15) is 14.3 Å². The second-order valence-electron chi connectivity index (χ2n) is 5.05. The summed E-state index contributed by atoms with van der Waals surface area (Å²) in [6.07, 6.45) is 7.46. The van der Waals surface area contributed by atoms with Gasteiger partial charge in [-0.3, -0.25) is 9.78 Å². The summed E-state index contributed by atoms with van der Waals surface area (Å²) in [5, 5.41) is 12.3. The van der Waals surface area contributed by atoms with Crippen molar-refractivity contribution >= 4 is 5.91 Å². The van der Waals surface area contributed by atoms with E-state index in [1.807, 2.05) is 0 Å². The van der Waals surface area contributed by atoms with Crippen LogP contribution in [0.15, 0.2) is 18.5 Å². The zero-order chi connectivity index (χ0) is 13.7. The zero-order valence-corrected chi connectivity index (χ0v) is 10.8. The van der Waals surface area contributed by atoms with E-state index in [2.05, 4.69) is 10.3 Å². The summed E-state index contributed by atoms with van der Waals surface area (Å²) in [4.78, 5) is 15.7. The number of aliphatic hydroxyl groups excluding tert-OH is 1. The molecule has 2 rings (SSSR count). The van der Waals surface area contributed by atoms with E-state index in [0.717, 1.165) is 38.3 Å². The molecule has 1 saturated carbocycles. The largest absolute Gasteiger partial charge is 0.396 e. The number of aliphatic hydroxyl groups is 1. The van der Waals surface area contributed by atoms with Crippen LogP contribution in [0.25, 0.3) is 0 Å². The molecule has 4 nitrogen and oxygen atoms in total. The molecule has 1 amide bonds. The van der Waals surface area contributed by atoms with Gasteiger partial charge in [-0.1, -0.05) is 19.3 Å². The second-order valence-corrected chi connectivity index (χ2v) is 5.05. The highest BCUT2D eigenvalue weighted by Crippen LogP contribution is 2.23. The van der Waals surface area contributed by atoms with Crippen LogP contribution >= 0.6 is 0 Å². The van der Waals surface area contributed by atoms with Gasteiger partial charge in [-0.05, 0) is 18.9 Å². The van der Waals surface area contributed by atoms with Crippen molar-refractivity contribution < 1.29 is 14.3 Å². The maximum atomic E-state index is 13.0. The predicted molar refractivity (Wildman–Crippen MR) is 69.1 cm³/mol. The molecule has 1 fully saturated rings. The first-order valence-electron chi connectivity index (χ1n) is 6.73. The minimum atomic E-state index is -0.521. The molecule has 0 bridgehead atoms. The molecule has 2 N–H and O–H groups in total. The smallest absolute Gasteiger partial charge is 0.253 e. The third-order valence-electron chi connectivity index (χ3n) is 3.68. The van der Waals surface area contributed by atoms with E-state index in [-0.39, 0.29) is 30.0 Å². The summed E-state index contributed by atoms with van der Waals surface area (Å²) in [5.74, 6) is -0.752. The van der Waals surface area contributed by atoms with Crippen LogP contribution in [0.4, 0.5) is 4.39 Å². The molecule has 0 aromatic carbocycles. The lowest BCUT2D eigenvalue weighted by molar-refractivity contribution is 0.0898. The second kappa shape index (κ2) is 6.61. The van der Waals surface area contributed by atoms with E-state index in [4.69, 9.17) is 0 Å². The highest BCUT2D eigenvalue weighted by molar-refractivity contribution is 5.94. The van der Waals surface area contributed by atoms with Crippen molar-refractivity contribution in [2.75, 3.05) is 6.61 Å². The Labute approximate surface area is 112 Å². The number of nitrogens with zero attached hydrogens (tertiary/aromatic N) is 1. The molecule has 0 spiro atoms. The van der Waals surface area contributed by atoms with Gasteiger partial charge in [-0.2, -0.15) is 0 Å². The van der Waals surface area contributed by atoms with Crippen LogP contribution in [0.1, 0.15) is 42.5 Å². The lowest BCUT2D eigenvalue weighted by Crippen LogP contribution is -2.41. The van der Waals surface area contributed by atoms with Crippen LogP contribution in [-0.2, 0) is 0 Å². The predicted octanol–water partition coefficient (Wildman–Crippen LogP) is 1.89. The number of aromatic nitrogens is 1. The van der Waals surface area contributed by atoms with Crippen LogP contribution in [0, 0.1) is 11.7 Å². The minimum absolute atomic E-state index is 0.0386. The topological polar surface area (TPSA) is 62.2 Å².